The lowest BCUT2D eigenvalue weighted by atomic mass is 10.1. The highest BCUT2D eigenvalue weighted by Crippen LogP contribution is 2.14. The van der Waals surface area contributed by atoms with Gasteiger partial charge in [0, 0.05) is 24.0 Å². The van der Waals surface area contributed by atoms with Gasteiger partial charge in [-0.1, -0.05) is 6.07 Å². The summed E-state index contributed by atoms with van der Waals surface area (Å²) in [4.78, 5) is 15.5. The highest BCUT2D eigenvalue weighted by molar-refractivity contribution is 5.99. The number of nitrogens with one attached hydrogen (secondary N) is 1. The maximum atomic E-state index is 11.3. The van der Waals surface area contributed by atoms with E-state index < -0.39 is 0 Å². The van der Waals surface area contributed by atoms with Gasteiger partial charge in [-0.3, -0.25) is 9.78 Å². The van der Waals surface area contributed by atoms with Crippen LogP contribution in [-0.4, -0.2) is 17.4 Å². The molecule has 1 aromatic heterocycles. The first-order valence-corrected chi connectivity index (χ1v) is 4.68. The zero-order valence-corrected chi connectivity index (χ0v) is 8.08. The molecule has 0 aromatic carbocycles. The summed E-state index contributed by atoms with van der Waals surface area (Å²) in [7, 11) is 0. The number of rotatable bonds is 1. The molecule has 0 bridgehead atoms. The predicted molar refractivity (Wildman–Crippen MR) is 54.6 cm³/mol. The minimum atomic E-state index is 0.0493. The number of hydrogen-bond donors (Lipinski definition) is 1. The van der Waals surface area contributed by atoms with Crippen molar-refractivity contribution in [2.24, 2.45) is 0 Å². The second-order valence-electron chi connectivity index (χ2n) is 3.35. The second kappa shape index (κ2) is 3.62. The number of pyridine rings is 1. The fourth-order valence-corrected chi connectivity index (χ4v) is 1.51. The lowest BCUT2D eigenvalue weighted by molar-refractivity contribution is -0.116. The number of carbonyl (C=O) groups is 1. The molecule has 1 N–H and O–H groups in total. The molecule has 1 aliphatic heterocycles. The van der Waals surface area contributed by atoms with E-state index in [2.05, 4.69) is 10.3 Å². The molecule has 0 saturated carbocycles. The minimum Gasteiger partial charge on any atom is -0.352 e. The topological polar surface area (TPSA) is 42.0 Å². The average molecular weight is 188 g/mol. The van der Waals surface area contributed by atoms with Crippen LogP contribution in [0.5, 0.6) is 0 Å². The Morgan fingerprint density at radius 1 is 1.57 bits per heavy atom. The standard InChI is InChI=1S/C11H12N2O/c1-8-9(3-2-5-12-8)7-10-4-6-13-11(10)14/h2-3,5,7H,4,6H2,1H3,(H,13,14)/b10-7+. The molecule has 1 fully saturated rings. The van der Waals surface area contributed by atoms with Gasteiger partial charge < -0.3 is 5.32 Å². The first-order chi connectivity index (χ1) is 6.77. The maximum absolute atomic E-state index is 11.3. The van der Waals surface area contributed by atoms with Crippen molar-refractivity contribution in [3.8, 4) is 0 Å². The van der Waals surface area contributed by atoms with Crippen molar-refractivity contribution >= 4 is 12.0 Å². The van der Waals surface area contributed by atoms with Gasteiger partial charge in [0.05, 0.1) is 0 Å². The van der Waals surface area contributed by atoms with Crippen LogP contribution in [0.25, 0.3) is 6.08 Å². The fourth-order valence-electron chi connectivity index (χ4n) is 1.51. The van der Waals surface area contributed by atoms with Gasteiger partial charge in [-0.15, -0.1) is 0 Å². The maximum Gasteiger partial charge on any atom is 0.247 e. The lowest BCUT2D eigenvalue weighted by Crippen LogP contribution is -2.14. The highest BCUT2D eigenvalue weighted by Gasteiger charge is 2.15. The third-order valence-corrected chi connectivity index (χ3v) is 2.35. The molecule has 1 aliphatic rings. The molecule has 14 heavy (non-hydrogen) atoms. The summed E-state index contributed by atoms with van der Waals surface area (Å²) in [5, 5.41) is 2.78. The Kier molecular flexibility index (Phi) is 2.31. The Morgan fingerprint density at radius 3 is 3.07 bits per heavy atom. The number of aromatic nitrogens is 1. The second-order valence-corrected chi connectivity index (χ2v) is 3.35. The summed E-state index contributed by atoms with van der Waals surface area (Å²) < 4.78 is 0. The van der Waals surface area contributed by atoms with Gasteiger partial charge in [-0.05, 0) is 31.1 Å². The Labute approximate surface area is 82.9 Å². The van der Waals surface area contributed by atoms with Crippen molar-refractivity contribution in [3.63, 3.8) is 0 Å². The van der Waals surface area contributed by atoms with Crippen molar-refractivity contribution in [1.29, 1.82) is 0 Å². The quantitative estimate of drug-likeness (QED) is 0.675. The number of carbonyl (C=O) groups excluding carboxylic acids is 1. The van der Waals surface area contributed by atoms with Crippen LogP contribution in [0.15, 0.2) is 23.9 Å². The molecule has 0 atom stereocenters. The third kappa shape index (κ3) is 1.66. The summed E-state index contributed by atoms with van der Waals surface area (Å²) in [5.74, 6) is 0.0493. The van der Waals surface area contributed by atoms with Gasteiger partial charge in [0.1, 0.15) is 0 Å². The van der Waals surface area contributed by atoms with E-state index in [0.717, 1.165) is 29.8 Å². The van der Waals surface area contributed by atoms with E-state index in [4.69, 9.17) is 0 Å². The van der Waals surface area contributed by atoms with Gasteiger partial charge in [-0.2, -0.15) is 0 Å². The molecule has 3 heteroatoms. The van der Waals surface area contributed by atoms with E-state index in [-0.39, 0.29) is 5.91 Å². The van der Waals surface area contributed by atoms with Crippen LogP contribution in [0.1, 0.15) is 17.7 Å². The van der Waals surface area contributed by atoms with Crippen molar-refractivity contribution < 1.29 is 4.79 Å². The Morgan fingerprint density at radius 2 is 2.43 bits per heavy atom. The molecule has 3 nitrogen and oxygen atoms in total. The molecule has 72 valence electrons. The zero-order chi connectivity index (χ0) is 9.97. The molecule has 0 radical (unpaired) electrons. The van der Waals surface area contributed by atoms with E-state index >= 15 is 0 Å². The molecule has 2 heterocycles. The monoisotopic (exact) mass is 188 g/mol. The summed E-state index contributed by atoms with van der Waals surface area (Å²) in [6.45, 7) is 2.70. The SMILES string of the molecule is Cc1ncccc1/C=C1\CCNC1=O. The van der Waals surface area contributed by atoms with Gasteiger partial charge in [-0.25, -0.2) is 0 Å². The number of hydrogen-bond acceptors (Lipinski definition) is 2. The highest BCUT2D eigenvalue weighted by atomic mass is 16.1. The summed E-state index contributed by atoms with van der Waals surface area (Å²) >= 11 is 0. The first kappa shape index (κ1) is 8.94. The largest absolute Gasteiger partial charge is 0.352 e. The Hall–Kier alpha value is -1.64. The van der Waals surface area contributed by atoms with Crippen molar-refractivity contribution in [2.45, 2.75) is 13.3 Å². The van der Waals surface area contributed by atoms with Crippen LogP contribution in [0.3, 0.4) is 0 Å². The Bertz CT molecular complexity index is 396. The number of amides is 1. The van der Waals surface area contributed by atoms with Gasteiger partial charge in [0.15, 0.2) is 0 Å². The van der Waals surface area contributed by atoms with E-state index in [1.165, 1.54) is 0 Å². The van der Waals surface area contributed by atoms with E-state index in [0.29, 0.717) is 0 Å². The summed E-state index contributed by atoms with van der Waals surface area (Å²) in [6.07, 6.45) is 4.49. The molecule has 1 amide bonds. The van der Waals surface area contributed by atoms with Crippen LogP contribution in [0.2, 0.25) is 0 Å². The molecule has 0 spiro atoms. The molecule has 0 unspecified atom stereocenters. The van der Waals surface area contributed by atoms with Crippen molar-refractivity contribution in [3.05, 3.63) is 35.2 Å². The van der Waals surface area contributed by atoms with Crippen LogP contribution in [0.4, 0.5) is 0 Å². The minimum absolute atomic E-state index is 0.0493. The van der Waals surface area contributed by atoms with Crippen molar-refractivity contribution in [1.82, 2.24) is 10.3 Å². The molecular weight excluding hydrogens is 176 g/mol. The van der Waals surface area contributed by atoms with Gasteiger partial charge in [0.2, 0.25) is 5.91 Å². The molecular formula is C11H12N2O. The number of aryl methyl sites for hydroxylation is 1. The van der Waals surface area contributed by atoms with Crippen LogP contribution in [-0.2, 0) is 4.79 Å². The zero-order valence-electron chi connectivity index (χ0n) is 8.08. The van der Waals surface area contributed by atoms with E-state index in [9.17, 15) is 4.79 Å². The fraction of sp³-hybridized carbons (Fsp3) is 0.273. The van der Waals surface area contributed by atoms with Crippen LogP contribution < -0.4 is 5.32 Å². The molecule has 1 aromatic rings. The smallest absolute Gasteiger partial charge is 0.247 e. The van der Waals surface area contributed by atoms with Crippen LogP contribution >= 0.6 is 0 Å². The molecule has 1 saturated heterocycles. The first-order valence-electron chi connectivity index (χ1n) is 4.68. The van der Waals surface area contributed by atoms with E-state index in [1.54, 1.807) is 6.20 Å². The number of nitrogens with zero attached hydrogens (tertiary/aromatic N) is 1. The van der Waals surface area contributed by atoms with Gasteiger partial charge in [0.25, 0.3) is 0 Å². The summed E-state index contributed by atoms with van der Waals surface area (Å²) in [5.41, 5.74) is 2.83. The van der Waals surface area contributed by atoms with Crippen molar-refractivity contribution in [2.75, 3.05) is 6.54 Å². The predicted octanol–water partition coefficient (Wildman–Crippen LogP) is 1.29. The average Bonchev–Trinajstić information content (AvgIpc) is 2.56. The third-order valence-electron chi connectivity index (χ3n) is 2.35. The Balaban J connectivity index is 2.33. The molecule has 0 aliphatic carbocycles. The van der Waals surface area contributed by atoms with E-state index in [1.807, 2.05) is 25.1 Å². The normalized spacial score (nSPS) is 18.6. The lowest BCUT2D eigenvalue weighted by Gasteiger charge is -1.99. The molecule has 2 rings (SSSR count). The summed E-state index contributed by atoms with van der Waals surface area (Å²) in [6, 6.07) is 3.85. The van der Waals surface area contributed by atoms with Crippen LogP contribution in [0, 0.1) is 6.92 Å². The van der Waals surface area contributed by atoms with Gasteiger partial charge >= 0.3 is 0 Å².